The Bertz CT molecular complexity index is 741. The summed E-state index contributed by atoms with van der Waals surface area (Å²) in [5.74, 6) is 0.612. The second-order valence-electron chi connectivity index (χ2n) is 4.73. The molecule has 0 aromatic heterocycles. The molecule has 0 bridgehead atoms. The van der Waals surface area contributed by atoms with Crippen molar-refractivity contribution in [2.45, 2.75) is 6.92 Å². The predicted octanol–water partition coefficient (Wildman–Crippen LogP) is 2.56. The Morgan fingerprint density at radius 3 is 2.43 bits per heavy atom. The van der Waals surface area contributed by atoms with Crippen molar-refractivity contribution < 1.29 is 19.4 Å². The molecule has 6 nitrogen and oxygen atoms in total. The summed E-state index contributed by atoms with van der Waals surface area (Å²) in [7, 11) is 3.11. The summed E-state index contributed by atoms with van der Waals surface area (Å²) in [4.78, 5) is 12.0. The Hall–Kier alpha value is -3.02. The van der Waals surface area contributed by atoms with E-state index in [9.17, 15) is 9.90 Å². The highest BCUT2D eigenvalue weighted by molar-refractivity contribution is 6.01. The molecule has 2 aromatic carbocycles. The van der Waals surface area contributed by atoms with Crippen molar-refractivity contribution in [3.05, 3.63) is 53.6 Å². The number of carbonyl (C=O) groups is 1. The molecule has 2 N–H and O–H groups in total. The van der Waals surface area contributed by atoms with Crippen LogP contribution in [0, 0.1) is 0 Å². The Labute approximate surface area is 134 Å². The van der Waals surface area contributed by atoms with Crippen LogP contribution >= 0.6 is 0 Å². The first-order chi connectivity index (χ1) is 11.1. The van der Waals surface area contributed by atoms with Gasteiger partial charge in [-0.25, -0.2) is 5.43 Å². The molecule has 23 heavy (non-hydrogen) atoms. The molecule has 0 atom stereocenters. The molecule has 0 saturated carbocycles. The molecule has 2 rings (SSSR count). The highest BCUT2D eigenvalue weighted by Gasteiger charge is 2.10. The average Bonchev–Trinajstić information content (AvgIpc) is 2.59. The largest absolute Gasteiger partial charge is 0.507 e. The van der Waals surface area contributed by atoms with Crippen LogP contribution in [-0.4, -0.2) is 30.9 Å². The third-order valence-electron chi connectivity index (χ3n) is 3.28. The number of phenolic OH excluding ortho intramolecular Hbond substituents is 1. The third kappa shape index (κ3) is 3.79. The maximum atomic E-state index is 12.0. The fraction of sp³-hybridized carbons (Fsp3) is 0.176. The lowest BCUT2D eigenvalue weighted by Gasteiger charge is -2.09. The number of amides is 1. The number of carbonyl (C=O) groups excluding carboxylic acids is 1. The number of benzene rings is 2. The second-order valence-corrected chi connectivity index (χ2v) is 4.73. The summed E-state index contributed by atoms with van der Waals surface area (Å²) in [6, 6.07) is 11.6. The first kappa shape index (κ1) is 16.4. The molecule has 0 saturated heterocycles. The number of nitrogens with zero attached hydrogens (tertiary/aromatic N) is 1. The SMILES string of the molecule is COc1ccc(/C(C)=N/NC(=O)c2ccccc2O)cc1OC. The number of hydrazone groups is 1. The van der Waals surface area contributed by atoms with E-state index in [-0.39, 0.29) is 11.3 Å². The molecule has 0 aliphatic heterocycles. The van der Waals surface area contributed by atoms with Crippen LogP contribution in [0.1, 0.15) is 22.8 Å². The molecule has 120 valence electrons. The van der Waals surface area contributed by atoms with E-state index in [1.54, 1.807) is 45.4 Å². The lowest BCUT2D eigenvalue weighted by molar-refractivity contribution is 0.0952. The highest BCUT2D eigenvalue weighted by Crippen LogP contribution is 2.27. The average molecular weight is 314 g/mol. The summed E-state index contributed by atoms with van der Waals surface area (Å²) in [6.45, 7) is 1.76. The molecule has 6 heteroatoms. The zero-order chi connectivity index (χ0) is 16.8. The standard InChI is InChI=1S/C17H18N2O4/c1-11(12-8-9-15(22-2)16(10-12)23-3)18-19-17(21)13-6-4-5-7-14(13)20/h4-10,20H,1-3H3,(H,19,21)/b18-11+. The Morgan fingerprint density at radius 1 is 1.09 bits per heavy atom. The van der Waals surface area contributed by atoms with Gasteiger partial charge in [-0.15, -0.1) is 0 Å². The van der Waals surface area contributed by atoms with Gasteiger partial charge >= 0.3 is 0 Å². The van der Waals surface area contributed by atoms with Crippen molar-refractivity contribution >= 4 is 11.6 Å². The van der Waals surface area contributed by atoms with Crippen molar-refractivity contribution in [3.8, 4) is 17.2 Å². The van der Waals surface area contributed by atoms with E-state index in [1.807, 2.05) is 6.07 Å². The number of para-hydroxylation sites is 1. The molecule has 1 amide bonds. The molecular weight excluding hydrogens is 296 g/mol. The maximum Gasteiger partial charge on any atom is 0.275 e. The molecule has 0 aliphatic carbocycles. The third-order valence-corrected chi connectivity index (χ3v) is 3.28. The number of hydrogen-bond acceptors (Lipinski definition) is 5. The molecule has 0 fully saturated rings. The summed E-state index contributed by atoms with van der Waals surface area (Å²) < 4.78 is 10.4. The number of nitrogens with one attached hydrogen (secondary N) is 1. The van der Waals surface area contributed by atoms with Crippen LogP contribution in [0.2, 0.25) is 0 Å². The molecule has 0 spiro atoms. The number of rotatable bonds is 5. The molecule has 2 aromatic rings. The van der Waals surface area contributed by atoms with Crippen LogP contribution in [-0.2, 0) is 0 Å². The zero-order valence-electron chi connectivity index (χ0n) is 13.2. The van der Waals surface area contributed by atoms with Crippen LogP contribution in [0.5, 0.6) is 17.2 Å². The molecular formula is C17H18N2O4. The van der Waals surface area contributed by atoms with Crippen molar-refractivity contribution in [1.29, 1.82) is 0 Å². The van der Waals surface area contributed by atoms with Gasteiger partial charge in [0.05, 0.1) is 25.5 Å². The van der Waals surface area contributed by atoms with Crippen LogP contribution < -0.4 is 14.9 Å². The van der Waals surface area contributed by atoms with Gasteiger partial charge in [0.15, 0.2) is 11.5 Å². The first-order valence-electron chi connectivity index (χ1n) is 6.92. The van der Waals surface area contributed by atoms with Gasteiger partial charge in [-0.1, -0.05) is 12.1 Å². The van der Waals surface area contributed by atoms with Gasteiger partial charge < -0.3 is 14.6 Å². The van der Waals surface area contributed by atoms with Crippen LogP contribution in [0.4, 0.5) is 0 Å². The summed E-state index contributed by atoms with van der Waals surface area (Å²) in [5.41, 5.74) is 3.95. The molecule has 0 radical (unpaired) electrons. The minimum Gasteiger partial charge on any atom is -0.507 e. The van der Waals surface area contributed by atoms with Gasteiger partial charge in [-0.05, 0) is 37.3 Å². The number of phenols is 1. The lowest BCUT2D eigenvalue weighted by Crippen LogP contribution is -2.19. The normalized spacial score (nSPS) is 11.0. The first-order valence-corrected chi connectivity index (χ1v) is 6.92. The smallest absolute Gasteiger partial charge is 0.275 e. The van der Waals surface area contributed by atoms with E-state index in [4.69, 9.17) is 9.47 Å². The summed E-state index contributed by atoms with van der Waals surface area (Å²) in [6.07, 6.45) is 0. The second kappa shape index (κ2) is 7.31. The number of ether oxygens (including phenoxy) is 2. The number of aromatic hydroxyl groups is 1. The van der Waals surface area contributed by atoms with E-state index >= 15 is 0 Å². The van der Waals surface area contributed by atoms with Crippen molar-refractivity contribution in [1.82, 2.24) is 5.43 Å². The van der Waals surface area contributed by atoms with E-state index < -0.39 is 5.91 Å². The predicted molar refractivity (Wildman–Crippen MR) is 87.3 cm³/mol. The lowest BCUT2D eigenvalue weighted by atomic mass is 10.1. The van der Waals surface area contributed by atoms with E-state index in [0.717, 1.165) is 5.56 Å². The monoisotopic (exact) mass is 314 g/mol. The van der Waals surface area contributed by atoms with Crippen molar-refractivity contribution in [3.63, 3.8) is 0 Å². The molecule has 0 aliphatic rings. The van der Waals surface area contributed by atoms with Gasteiger partial charge in [0.1, 0.15) is 5.75 Å². The fourth-order valence-electron chi connectivity index (χ4n) is 1.99. The number of methoxy groups -OCH3 is 2. The summed E-state index contributed by atoms with van der Waals surface area (Å²) >= 11 is 0. The van der Waals surface area contributed by atoms with Crippen molar-refractivity contribution in [2.24, 2.45) is 5.10 Å². The fourth-order valence-corrected chi connectivity index (χ4v) is 1.99. The topological polar surface area (TPSA) is 80.2 Å². The van der Waals surface area contributed by atoms with Crippen LogP contribution in [0.3, 0.4) is 0 Å². The zero-order valence-corrected chi connectivity index (χ0v) is 13.2. The molecule has 0 unspecified atom stereocenters. The number of hydrogen-bond donors (Lipinski definition) is 2. The highest BCUT2D eigenvalue weighted by atomic mass is 16.5. The quantitative estimate of drug-likeness (QED) is 0.656. The van der Waals surface area contributed by atoms with Crippen LogP contribution in [0.15, 0.2) is 47.6 Å². The Kier molecular flexibility index (Phi) is 5.19. The minimum absolute atomic E-state index is 0.0935. The van der Waals surface area contributed by atoms with Gasteiger partial charge in [-0.2, -0.15) is 5.10 Å². The van der Waals surface area contributed by atoms with Gasteiger partial charge in [0.2, 0.25) is 0 Å². The van der Waals surface area contributed by atoms with Gasteiger partial charge in [0.25, 0.3) is 5.91 Å². The van der Waals surface area contributed by atoms with E-state index in [0.29, 0.717) is 17.2 Å². The van der Waals surface area contributed by atoms with Crippen molar-refractivity contribution in [2.75, 3.05) is 14.2 Å². The molecule has 0 heterocycles. The Morgan fingerprint density at radius 2 is 1.78 bits per heavy atom. The van der Waals surface area contributed by atoms with Gasteiger partial charge in [0, 0.05) is 5.56 Å². The Balaban J connectivity index is 2.17. The summed E-state index contributed by atoms with van der Waals surface area (Å²) in [5, 5.41) is 13.7. The maximum absolute atomic E-state index is 12.0. The van der Waals surface area contributed by atoms with E-state index in [2.05, 4.69) is 10.5 Å². The van der Waals surface area contributed by atoms with Gasteiger partial charge in [-0.3, -0.25) is 4.79 Å². The van der Waals surface area contributed by atoms with E-state index in [1.165, 1.54) is 12.1 Å². The minimum atomic E-state index is -0.483. The van der Waals surface area contributed by atoms with Crippen LogP contribution in [0.25, 0.3) is 0 Å².